The summed E-state index contributed by atoms with van der Waals surface area (Å²) in [6.45, 7) is 8.62. The van der Waals surface area contributed by atoms with E-state index >= 15 is 0 Å². The predicted molar refractivity (Wildman–Crippen MR) is 82.2 cm³/mol. The third-order valence-corrected chi connectivity index (χ3v) is 3.31. The van der Waals surface area contributed by atoms with Crippen LogP contribution in [-0.2, 0) is 5.41 Å². The van der Waals surface area contributed by atoms with Gasteiger partial charge in [0.2, 0.25) is 0 Å². The summed E-state index contributed by atoms with van der Waals surface area (Å²) >= 11 is 0. The Kier molecular flexibility index (Phi) is 5.61. The Morgan fingerprint density at radius 2 is 1.74 bits per heavy atom. The van der Waals surface area contributed by atoms with Crippen LogP contribution >= 0.6 is 0 Å². The van der Waals surface area contributed by atoms with E-state index in [4.69, 9.17) is 5.73 Å². The van der Waals surface area contributed by atoms with Crippen LogP contribution < -0.4 is 5.73 Å². The maximum atomic E-state index is 5.67. The fourth-order valence-corrected chi connectivity index (χ4v) is 1.98. The first kappa shape index (κ1) is 15.3. The summed E-state index contributed by atoms with van der Waals surface area (Å²) < 4.78 is 0. The number of benzene rings is 1. The Morgan fingerprint density at radius 3 is 2.16 bits per heavy atom. The van der Waals surface area contributed by atoms with Gasteiger partial charge in [-0.2, -0.15) is 5.10 Å². The molecule has 0 radical (unpaired) electrons. The molecule has 1 unspecified atom stereocenters. The third kappa shape index (κ3) is 3.60. The van der Waals surface area contributed by atoms with Gasteiger partial charge >= 0.3 is 0 Å². The number of aromatic amines is 1. The molecule has 0 saturated heterocycles. The Hall–Kier alpha value is -1.77. The van der Waals surface area contributed by atoms with Gasteiger partial charge < -0.3 is 5.73 Å². The first-order chi connectivity index (χ1) is 9.08. The molecule has 3 nitrogen and oxygen atoms in total. The molecule has 0 aliphatic carbocycles. The summed E-state index contributed by atoms with van der Waals surface area (Å²) in [6, 6.07) is 12.3. The van der Waals surface area contributed by atoms with Gasteiger partial charge in [-0.15, -0.1) is 0 Å². The molecule has 0 spiro atoms. The zero-order chi connectivity index (χ0) is 14.3. The van der Waals surface area contributed by atoms with Crippen LogP contribution in [0.4, 0.5) is 5.82 Å². The highest BCUT2D eigenvalue weighted by Gasteiger charge is 2.28. The topological polar surface area (TPSA) is 54.7 Å². The first-order valence-corrected chi connectivity index (χ1v) is 6.95. The molecular weight excluding hydrogens is 234 g/mol. The molecule has 0 aliphatic rings. The lowest BCUT2D eigenvalue weighted by Crippen LogP contribution is -2.23. The molecule has 2 aromatic rings. The van der Waals surface area contributed by atoms with Gasteiger partial charge in [-0.25, -0.2) is 0 Å². The van der Waals surface area contributed by atoms with Crippen LogP contribution in [-0.4, -0.2) is 10.2 Å². The van der Waals surface area contributed by atoms with Crippen LogP contribution in [0.15, 0.2) is 36.4 Å². The van der Waals surface area contributed by atoms with Crippen molar-refractivity contribution in [1.82, 2.24) is 10.2 Å². The molecule has 19 heavy (non-hydrogen) atoms. The zero-order valence-corrected chi connectivity index (χ0v) is 12.4. The molecule has 0 amide bonds. The lowest BCUT2D eigenvalue weighted by molar-refractivity contribution is 0.531. The summed E-state index contributed by atoms with van der Waals surface area (Å²) in [5.74, 6) is 0.547. The molecule has 104 valence electrons. The summed E-state index contributed by atoms with van der Waals surface area (Å²) in [7, 11) is 0. The quantitative estimate of drug-likeness (QED) is 0.871. The molecule has 0 bridgehead atoms. The van der Waals surface area contributed by atoms with E-state index in [9.17, 15) is 0 Å². The third-order valence-electron chi connectivity index (χ3n) is 3.31. The smallest absolute Gasteiger partial charge is 0.145 e. The van der Waals surface area contributed by atoms with Crippen molar-refractivity contribution in [2.24, 2.45) is 0 Å². The van der Waals surface area contributed by atoms with Gasteiger partial charge in [0.25, 0.3) is 0 Å². The SMILES string of the molecule is CCC.CCC(C)(c1ccccc1)c1cc(N)n[nH]1. The van der Waals surface area contributed by atoms with E-state index in [1.807, 2.05) is 12.1 Å². The van der Waals surface area contributed by atoms with Crippen molar-refractivity contribution in [2.75, 3.05) is 5.73 Å². The van der Waals surface area contributed by atoms with Gasteiger partial charge in [0.1, 0.15) is 5.82 Å². The van der Waals surface area contributed by atoms with Crippen LogP contribution in [0.2, 0.25) is 0 Å². The number of nitrogens with zero attached hydrogens (tertiary/aromatic N) is 1. The number of nitrogens with one attached hydrogen (secondary N) is 1. The van der Waals surface area contributed by atoms with E-state index in [-0.39, 0.29) is 5.41 Å². The van der Waals surface area contributed by atoms with Crippen LogP contribution in [0.1, 0.15) is 51.8 Å². The minimum atomic E-state index is -0.0497. The minimum Gasteiger partial charge on any atom is -0.382 e. The molecular formula is C16H25N3. The van der Waals surface area contributed by atoms with Crippen molar-refractivity contribution in [3.05, 3.63) is 47.7 Å². The van der Waals surface area contributed by atoms with E-state index in [1.165, 1.54) is 12.0 Å². The van der Waals surface area contributed by atoms with Crippen LogP contribution in [0.5, 0.6) is 0 Å². The van der Waals surface area contributed by atoms with Crippen LogP contribution in [0, 0.1) is 0 Å². The van der Waals surface area contributed by atoms with Crippen LogP contribution in [0.3, 0.4) is 0 Å². The van der Waals surface area contributed by atoms with Gasteiger partial charge in [-0.1, -0.05) is 57.5 Å². The standard InChI is InChI=1S/C13H17N3.C3H8/c1-3-13(2,10-7-5-4-6-8-10)11-9-12(14)16-15-11;1-3-2/h4-9H,3H2,1-2H3,(H3,14,15,16);3H2,1-2H3. The molecule has 1 aromatic heterocycles. The Morgan fingerprint density at radius 1 is 1.16 bits per heavy atom. The minimum absolute atomic E-state index is 0.0497. The average molecular weight is 259 g/mol. The molecule has 2 rings (SSSR count). The van der Waals surface area contributed by atoms with E-state index in [0.717, 1.165) is 12.1 Å². The van der Waals surface area contributed by atoms with Crippen molar-refractivity contribution in [1.29, 1.82) is 0 Å². The lowest BCUT2D eigenvalue weighted by Gasteiger charge is -2.27. The molecule has 0 aliphatic heterocycles. The van der Waals surface area contributed by atoms with Crippen molar-refractivity contribution in [3.63, 3.8) is 0 Å². The monoisotopic (exact) mass is 259 g/mol. The van der Waals surface area contributed by atoms with Gasteiger partial charge in [0.05, 0.1) is 0 Å². The maximum absolute atomic E-state index is 5.67. The van der Waals surface area contributed by atoms with Crippen molar-refractivity contribution in [3.8, 4) is 0 Å². The highest BCUT2D eigenvalue weighted by Crippen LogP contribution is 2.34. The zero-order valence-electron chi connectivity index (χ0n) is 12.4. The lowest BCUT2D eigenvalue weighted by atomic mass is 9.77. The van der Waals surface area contributed by atoms with Crippen molar-refractivity contribution < 1.29 is 0 Å². The van der Waals surface area contributed by atoms with E-state index in [1.54, 1.807) is 0 Å². The Labute approximate surface area is 116 Å². The fraction of sp³-hybridized carbons (Fsp3) is 0.438. The van der Waals surface area contributed by atoms with Crippen molar-refractivity contribution >= 4 is 5.82 Å². The molecule has 1 atom stereocenters. The Bertz CT molecular complexity index is 476. The van der Waals surface area contributed by atoms with Gasteiger partial charge in [-0.05, 0) is 18.9 Å². The van der Waals surface area contributed by atoms with Crippen LogP contribution in [0.25, 0.3) is 0 Å². The number of nitrogens with two attached hydrogens (primary N) is 1. The number of anilines is 1. The number of aromatic nitrogens is 2. The fourth-order valence-electron chi connectivity index (χ4n) is 1.98. The van der Waals surface area contributed by atoms with E-state index in [0.29, 0.717) is 5.82 Å². The van der Waals surface area contributed by atoms with E-state index in [2.05, 4.69) is 62.2 Å². The second-order valence-electron chi connectivity index (χ2n) is 4.97. The van der Waals surface area contributed by atoms with Gasteiger partial charge in [0, 0.05) is 17.2 Å². The normalized spacial score (nSPS) is 13.3. The predicted octanol–water partition coefficient (Wildman–Crippen LogP) is 4.12. The highest BCUT2D eigenvalue weighted by molar-refractivity contribution is 5.39. The Balaban J connectivity index is 0.000000550. The summed E-state index contributed by atoms with van der Waals surface area (Å²) in [5, 5.41) is 7.03. The number of nitrogen functional groups attached to an aromatic ring is 1. The second-order valence-corrected chi connectivity index (χ2v) is 4.97. The number of H-pyrrole nitrogens is 1. The number of rotatable bonds is 3. The summed E-state index contributed by atoms with van der Waals surface area (Å²) in [4.78, 5) is 0. The molecule has 3 heteroatoms. The molecule has 0 fully saturated rings. The van der Waals surface area contributed by atoms with Crippen molar-refractivity contribution in [2.45, 2.75) is 46.0 Å². The van der Waals surface area contributed by atoms with Gasteiger partial charge in [-0.3, -0.25) is 5.10 Å². The molecule has 0 saturated carbocycles. The highest BCUT2D eigenvalue weighted by atomic mass is 15.2. The molecule has 1 heterocycles. The maximum Gasteiger partial charge on any atom is 0.145 e. The number of hydrogen-bond acceptors (Lipinski definition) is 2. The van der Waals surface area contributed by atoms with Gasteiger partial charge in [0.15, 0.2) is 0 Å². The summed E-state index contributed by atoms with van der Waals surface area (Å²) in [6.07, 6.45) is 2.25. The summed E-state index contributed by atoms with van der Waals surface area (Å²) in [5.41, 5.74) is 7.96. The molecule has 1 aromatic carbocycles. The largest absolute Gasteiger partial charge is 0.382 e. The average Bonchev–Trinajstić information content (AvgIpc) is 2.87. The molecule has 3 N–H and O–H groups in total. The second kappa shape index (κ2) is 6.98. The van der Waals surface area contributed by atoms with E-state index < -0.39 is 0 Å². The first-order valence-electron chi connectivity index (χ1n) is 6.95. The number of hydrogen-bond donors (Lipinski definition) is 2.